The van der Waals surface area contributed by atoms with Crippen LogP contribution in [-0.2, 0) is 11.2 Å². The summed E-state index contributed by atoms with van der Waals surface area (Å²) in [7, 11) is 0. The van der Waals surface area contributed by atoms with Crippen LogP contribution in [0.3, 0.4) is 0 Å². The molecular formula is C21H17ClN2OS. The van der Waals surface area contributed by atoms with Crippen molar-refractivity contribution in [2.45, 2.75) is 25.3 Å². The van der Waals surface area contributed by atoms with Crippen LogP contribution in [0.15, 0.2) is 59.1 Å². The molecule has 0 radical (unpaired) electrons. The standard InChI is InChI=1S/C21H17ClN2OS/c22-15-8-5-14(6-9-15)20-17-10-7-13-3-1-2-4-16(13)19(17)23-21-24(20)18(25)11-12-26-21/h1-6,8-9,20H,7,10-12H2. The number of hydrogen-bond acceptors (Lipinski definition) is 3. The SMILES string of the molecule is O=C1CCSC2=NC3=C(CCc4ccccc43)C(c3ccc(Cl)cc3)N12. The summed E-state index contributed by atoms with van der Waals surface area (Å²) in [4.78, 5) is 19.6. The van der Waals surface area contributed by atoms with Gasteiger partial charge in [-0.25, -0.2) is 4.99 Å². The molecule has 1 fully saturated rings. The van der Waals surface area contributed by atoms with E-state index in [-0.39, 0.29) is 11.9 Å². The number of hydrogen-bond donors (Lipinski definition) is 0. The van der Waals surface area contributed by atoms with Crippen molar-refractivity contribution in [3.05, 3.63) is 75.8 Å². The molecule has 5 heteroatoms. The van der Waals surface area contributed by atoms with Gasteiger partial charge in [0.05, 0.1) is 11.7 Å². The van der Waals surface area contributed by atoms with Crippen molar-refractivity contribution in [3.8, 4) is 0 Å². The van der Waals surface area contributed by atoms with E-state index in [4.69, 9.17) is 16.6 Å². The number of aliphatic imine (C=N–C) groups is 1. The molecule has 5 rings (SSSR count). The number of thioether (sulfide) groups is 1. The van der Waals surface area contributed by atoms with Gasteiger partial charge in [0.1, 0.15) is 0 Å². The second-order valence-electron chi connectivity index (χ2n) is 6.74. The zero-order valence-corrected chi connectivity index (χ0v) is 15.7. The van der Waals surface area contributed by atoms with Crippen LogP contribution in [0.25, 0.3) is 5.70 Å². The van der Waals surface area contributed by atoms with Crippen molar-refractivity contribution in [2.24, 2.45) is 4.99 Å². The van der Waals surface area contributed by atoms with Crippen LogP contribution in [0, 0.1) is 0 Å². The Balaban J connectivity index is 1.72. The van der Waals surface area contributed by atoms with Gasteiger partial charge in [-0.05, 0) is 41.7 Å². The highest BCUT2D eigenvalue weighted by atomic mass is 35.5. The lowest BCUT2D eigenvalue weighted by Gasteiger charge is -2.41. The fourth-order valence-electron chi connectivity index (χ4n) is 4.04. The number of halogens is 1. The lowest BCUT2D eigenvalue weighted by Crippen LogP contribution is -2.45. The first-order valence-electron chi connectivity index (χ1n) is 8.83. The zero-order chi connectivity index (χ0) is 17.7. The first kappa shape index (κ1) is 16.2. The monoisotopic (exact) mass is 380 g/mol. The molecule has 3 aliphatic rings. The largest absolute Gasteiger partial charge is 0.280 e. The van der Waals surface area contributed by atoms with Crippen LogP contribution in [0.5, 0.6) is 0 Å². The Labute approximate surface area is 161 Å². The molecule has 1 saturated heterocycles. The second kappa shape index (κ2) is 6.29. The van der Waals surface area contributed by atoms with Crippen molar-refractivity contribution in [1.29, 1.82) is 0 Å². The first-order valence-corrected chi connectivity index (χ1v) is 10.2. The molecule has 0 saturated carbocycles. The molecule has 0 N–H and O–H groups in total. The van der Waals surface area contributed by atoms with Crippen LogP contribution in [0.2, 0.25) is 5.02 Å². The van der Waals surface area contributed by atoms with E-state index in [0.717, 1.165) is 35.0 Å². The number of rotatable bonds is 1. The second-order valence-corrected chi connectivity index (χ2v) is 8.24. The molecule has 0 aromatic heterocycles. The maximum atomic E-state index is 12.8. The van der Waals surface area contributed by atoms with Gasteiger partial charge in [-0.1, -0.05) is 59.8 Å². The molecule has 2 heterocycles. The summed E-state index contributed by atoms with van der Waals surface area (Å²) in [5, 5.41) is 1.54. The Hall–Kier alpha value is -2.04. The highest BCUT2D eigenvalue weighted by Gasteiger charge is 2.40. The van der Waals surface area contributed by atoms with Crippen molar-refractivity contribution in [2.75, 3.05) is 5.75 Å². The molecule has 1 amide bonds. The normalized spacial score (nSPS) is 21.7. The Morgan fingerprint density at radius 3 is 2.69 bits per heavy atom. The molecule has 26 heavy (non-hydrogen) atoms. The number of carbonyl (C=O) groups is 1. The molecule has 0 spiro atoms. The van der Waals surface area contributed by atoms with Crippen LogP contribution in [0.1, 0.15) is 35.6 Å². The number of amides is 1. The Bertz CT molecular complexity index is 964. The smallest absolute Gasteiger partial charge is 0.230 e. The number of fused-ring (bicyclic) bond motifs is 3. The maximum absolute atomic E-state index is 12.8. The molecule has 3 nitrogen and oxygen atoms in total. The topological polar surface area (TPSA) is 32.7 Å². The van der Waals surface area contributed by atoms with Gasteiger partial charge < -0.3 is 0 Å². The van der Waals surface area contributed by atoms with Gasteiger partial charge in [0.2, 0.25) is 5.91 Å². The Kier molecular flexibility index (Phi) is 3.91. The summed E-state index contributed by atoms with van der Waals surface area (Å²) >= 11 is 7.78. The minimum absolute atomic E-state index is 0.0802. The fraction of sp³-hybridized carbons (Fsp3) is 0.238. The summed E-state index contributed by atoms with van der Waals surface area (Å²) in [6.07, 6.45) is 2.47. The van der Waals surface area contributed by atoms with E-state index >= 15 is 0 Å². The first-order chi connectivity index (χ1) is 12.7. The van der Waals surface area contributed by atoms with Crippen molar-refractivity contribution >= 4 is 40.1 Å². The van der Waals surface area contributed by atoms with Crippen LogP contribution < -0.4 is 0 Å². The van der Waals surface area contributed by atoms with E-state index in [1.807, 2.05) is 29.2 Å². The lowest BCUT2D eigenvalue weighted by molar-refractivity contribution is -0.128. The Morgan fingerprint density at radius 2 is 1.85 bits per heavy atom. The van der Waals surface area contributed by atoms with Gasteiger partial charge in [-0.3, -0.25) is 9.69 Å². The van der Waals surface area contributed by atoms with E-state index in [2.05, 4.69) is 24.3 Å². The third-order valence-corrected chi connectivity index (χ3v) is 6.45. The molecule has 1 unspecified atom stereocenters. The number of benzene rings is 2. The van der Waals surface area contributed by atoms with Gasteiger partial charge in [-0.15, -0.1) is 0 Å². The third-order valence-electron chi connectivity index (χ3n) is 5.24. The van der Waals surface area contributed by atoms with E-state index in [9.17, 15) is 4.79 Å². The minimum atomic E-state index is -0.0802. The van der Waals surface area contributed by atoms with Crippen LogP contribution >= 0.6 is 23.4 Å². The van der Waals surface area contributed by atoms with Crippen molar-refractivity contribution in [1.82, 2.24) is 4.90 Å². The highest BCUT2D eigenvalue weighted by Crippen LogP contribution is 2.47. The minimum Gasteiger partial charge on any atom is -0.280 e. The molecular weight excluding hydrogens is 364 g/mol. The molecule has 2 aliphatic heterocycles. The molecule has 2 aromatic rings. The summed E-state index contributed by atoms with van der Waals surface area (Å²) in [6, 6.07) is 16.3. The van der Waals surface area contributed by atoms with Gasteiger partial charge in [0.15, 0.2) is 5.17 Å². The Morgan fingerprint density at radius 1 is 1.04 bits per heavy atom. The van der Waals surface area contributed by atoms with Gasteiger partial charge in [-0.2, -0.15) is 0 Å². The van der Waals surface area contributed by atoms with Gasteiger partial charge in [0, 0.05) is 22.8 Å². The van der Waals surface area contributed by atoms with Crippen LogP contribution in [0.4, 0.5) is 0 Å². The summed E-state index contributed by atoms with van der Waals surface area (Å²) in [5.41, 5.74) is 5.94. The van der Waals surface area contributed by atoms with E-state index in [1.165, 1.54) is 16.7 Å². The summed E-state index contributed by atoms with van der Waals surface area (Å²) in [5.74, 6) is 0.957. The summed E-state index contributed by atoms with van der Waals surface area (Å²) in [6.45, 7) is 0. The molecule has 1 aliphatic carbocycles. The quantitative estimate of drug-likeness (QED) is 0.691. The molecule has 130 valence electrons. The van der Waals surface area contributed by atoms with Crippen LogP contribution in [-0.4, -0.2) is 21.7 Å². The number of nitrogens with zero attached hydrogens (tertiary/aromatic N) is 2. The summed E-state index contributed by atoms with van der Waals surface area (Å²) < 4.78 is 0. The molecule has 0 bridgehead atoms. The average Bonchev–Trinajstić information content (AvgIpc) is 2.67. The van der Waals surface area contributed by atoms with E-state index < -0.39 is 0 Å². The molecule has 2 aromatic carbocycles. The van der Waals surface area contributed by atoms with Crippen molar-refractivity contribution < 1.29 is 4.79 Å². The zero-order valence-electron chi connectivity index (χ0n) is 14.1. The van der Waals surface area contributed by atoms with Gasteiger partial charge in [0.25, 0.3) is 0 Å². The molecule has 1 atom stereocenters. The maximum Gasteiger partial charge on any atom is 0.230 e. The van der Waals surface area contributed by atoms with Gasteiger partial charge >= 0.3 is 0 Å². The predicted octanol–water partition coefficient (Wildman–Crippen LogP) is 5.07. The van der Waals surface area contributed by atoms with E-state index in [0.29, 0.717) is 11.4 Å². The van der Waals surface area contributed by atoms with E-state index in [1.54, 1.807) is 11.8 Å². The fourth-order valence-corrected chi connectivity index (χ4v) is 5.13. The lowest BCUT2D eigenvalue weighted by atomic mass is 9.82. The third kappa shape index (κ3) is 2.51. The number of carbonyl (C=O) groups excluding carboxylic acids is 1. The average molecular weight is 381 g/mol. The highest BCUT2D eigenvalue weighted by molar-refractivity contribution is 8.14. The number of aryl methyl sites for hydroxylation is 1. The number of amidine groups is 1. The predicted molar refractivity (Wildman–Crippen MR) is 107 cm³/mol. The van der Waals surface area contributed by atoms with Crippen molar-refractivity contribution in [3.63, 3.8) is 0 Å².